The zero-order valence-corrected chi connectivity index (χ0v) is 13.9. The van der Waals surface area contributed by atoms with Crippen LogP contribution in [0.5, 0.6) is 0 Å². The van der Waals surface area contributed by atoms with Crippen LogP contribution in [0.3, 0.4) is 0 Å². The van der Waals surface area contributed by atoms with Crippen LogP contribution < -0.4 is 0 Å². The highest BCUT2D eigenvalue weighted by Gasteiger charge is 2.38. The van der Waals surface area contributed by atoms with Gasteiger partial charge < -0.3 is 4.90 Å². The van der Waals surface area contributed by atoms with Gasteiger partial charge in [-0.15, -0.1) is 0 Å². The van der Waals surface area contributed by atoms with Crippen LogP contribution in [-0.2, 0) is 0 Å². The monoisotopic (exact) mass is 309 g/mol. The molecule has 23 heavy (non-hydrogen) atoms. The first-order chi connectivity index (χ1) is 11.1. The van der Waals surface area contributed by atoms with Crippen molar-refractivity contribution < 1.29 is 4.79 Å². The quantitative estimate of drug-likeness (QED) is 0.866. The maximum atomic E-state index is 13.1. The summed E-state index contributed by atoms with van der Waals surface area (Å²) in [5.41, 5.74) is 4.32. The molecule has 0 saturated heterocycles. The average Bonchev–Trinajstić information content (AvgIpc) is 3.22. The lowest BCUT2D eigenvalue weighted by molar-refractivity contribution is 0.0664. The Balaban J connectivity index is 1.69. The molecule has 0 N–H and O–H groups in total. The van der Waals surface area contributed by atoms with Crippen molar-refractivity contribution >= 4 is 16.9 Å². The Labute approximate surface area is 136 Å². The Kier molecular flexibility index (Phi) is 3.55. The first kappa shape index (κ1) is 14.6. The van der Waals surface area contributed by atoms with Crippen molar-refractivity contribution in [1.29, 1.82) is 0 Å². The lowest BCUT2D eigenvalue weighted by atomic mass is 10.1. The molecule has 1 aromatic carbocycles. The van der Waals surface area contributed by atoms with Gasteiger partial charge in [0.2, 0.25) is 0 Å². The molecule has 0 spiro atoms. The van der Waals surface area contributed by atoms with E-state index in [-0.39, 0.29) is 5.91 Å². The molecule has 2 aliphatic rings. The average molecular weight is 309 g/mol. The van der Waals surface area contributed by atoms with Gasteiger partial charge in [-0.2, -0.15) is 0 Å². The van der Waals surface area contributed by atoms with Crippen LogP contribution in [0, 0.1) is 13.8 Å². The smallest absolute Gasteiger partial charge is 0.254 e. The van der Waals surface area contributed by atoms with Crippen molar-refractivity contribution in [1.82, 2.24) is 14.9 Å². The van der Waals surface area contributed by atoms with Crippen molar-refractivity contribution in [2.45, 2.75) is 64.5 Å². The lowest BCUT2D eigenvalue weighted by Crippen LogP contribution is -2.40. The molecule has 4 heteroatoms. The molecule has 4 nitrogen and oxygen atoms in total. The highest BCUT2D eigenvalue weighted by atomic mass is 16.2. The van der Waals surface area contributed by atoms with E-state index in [4.69, 9.17) is 0 Å². The number of rotatable bonds is 3. The minimum Gasteiger partial charge on any atom is -0.333 e. The Hall–Kier alpha value is -1.97. The molecule has 0 aliphatic heterocycles. The molecule has 1 heterocycles. The first-order valence-electron chi connectivity index (χ1n) is 8.71. The second-order valence-corrected chi connectivity index (χ2v) is 6.98. The van der Waals surface area contributed by atoms with E-state index in [1.165, 1.54) is 12.8 Å². The predicted molar refractivity (Wildman–Crippen MR) is 90.5 cm³/mol. The summed E-state index contributed by atoms with van der Waals surface area (Å²) in [5, 5.41) is 0. The zero-order chi connectivity index (χ0) is 16.0. The minimum absolute atomic E-state index is 0.182. The standard InChI is InChI=1S/C19H23N3O/c1-12-13(2)21-18-11-14(7-10-17(18)20-12)19(23)22(16-8-9-16)15-5-3-4-6-15/h7,10-11,15-16H,3-6,8-9H2,1-2H3. The van der Waals surface area contributed by atoms with Crippen LogP contribution in [-0.4, -0.2) is 32.9 Å². The molecule has 2 saturated carbocycles. The van der Waals surface area contributed by atoms with Crippen molar-refractivity contribution in [3.8, 4) is 0 Å². The van der Waals surface area contributed by atoms with E-state index in [9.17, 15) is 4.79 Å². The van der Waals surface area contributed by atoms with Gasteiger partial charge in [-0.25, -0.2) is 9.97 Å². The van der Waals surface area contributed by atoms with Gasteiger partial charge in [0, 0.05) is 17.6 Å². The van der Waals surface area contributed by atoms with E-state index in [2.05, 4.69) is 14.9 Å². The zero-order valence-electron chi connectivity index (χ0n) is 13.9. The maximum absolute atomic E-state index is 13.1. The largest absolute Gasteiger partial charge is 0.333 e. The molecule has 0 bridgehead atoms. The van der Waals surface area contributed by atoms with Gasteiger partial charge in [-0.1, -0.05) is 12.8 Å². The normalized spacial score (nSPS) is 18.5. The number of aryl methyl sites for hydroxylation is 2. The van der Waals surface area contributed by atoms with Crippen molar-refractivity contribution in [3.63, 3.8) is 0 Å². The van der Waals surface area contributed by atoms with Crippen molar-refractivity contribution in [2.24, 2.45) is 0 Å². The third kappa shape index (κ3) is 2.71. The van der Waals surface area contributed by atoms with Gasteiger partial charge >= 0.3 is 0 Å². The molecule has 1 aromatic heterocycles. The van der Waals surface area contributed by atoms with E-state index in [0.717, 1.165) is 53.7 Å². The Bertz CT molecular complexity index is 761. The third-order valence-electron chi connectivity index (χ3n) is 5.22. The molecule has 2 fully saturated rings. The molecule has 0 unspecified atom stereocenters. The second kappa shape index (κ2) is 5.59. The van der Waals surface area contributed by atoms with Crippen LogP contribution in [0.4, 0.5) is 0 Å². The summed E-state index contributed by atoms with van der Waals surface area (Å²) >= 11 is 0. The molecule has 120 valence electrons. The molecule has 0 radical (unpaired) electrons. The number of hydrogen-bond donors (Lipinski definition) is 0. The van der Waals surface area contributed by atoms with Gasteiger partial charge in [0.25, 0.3) is 5.91 Å². The third-order valence-corrected chi connectivity index (χ3v) is 5.22. The van der Waals surface area contributed by atoms with Gasteiger partial charge in [0.15, 0.2) is 0 Å². The molecule has 0 atom stereocenters. The van der Waals surface area contributed by atoms with Crippen LogP contribution in [0.15, 0.2) is 18.2 Å². The molecule has 1 amide bonds. The minimum atomic E-state index is 0.182. The van der Waals surface area contributed by atoms with Gasteiger partial charge in [0.1, 0.15) is 0 Å². The number of fused-ring (bicyclic) bond motifs is 1. The van der Waals surface area contributed by atoms with Crippen molar-refractivity contribution in [3.05, 3.63) is 35.2 Å². The highest BCUT2D eigenvalue weighted by molar-refractivity contribution is 5.97. The fraction of sp³-hybridized carbons (Fsp3) is 0.526. The Morgan fingerprint density at radius 1 is 0.957 bits per heavy atom. The second-order valence-electron chi connectivity index (χ2n) is 6.98. The summed E-state index contributed by atoms with van der Waals surface area (Å²) in [5.74, 6) is 0.182. The number of aromatic nitrogens is 2. The SMILES string of the molecule is Cc1nc2ccc(C(=O)N(C3CCCC3)C3CC3)cc2nc1C. The molecule has 4 rings (SSSR count). The van der Waals surface area contributed by atoms with E-state index < -0.39 is 0 Å². The fourth-order valence-electron chi connectivity index (χ4n) is 3.68. The molecule has 2 aliphatic carbocycles. The van der Waals surface area contributed by atoms with E-state index in [0.29, 0.717) is 12.1 Å². The number of carbonyl (C=O) groups excluding carboxylic acids is 1. The van der Waals surface area contributed by atoms with E-state index in [1.807, 2.05) is 32.0 Å². The first-order valence-corrected chi connectivity index (χ1v) is 8.71. The van der Waals surface area contributed by atoms with Crippen LogP contribution in [0.25, 0.3) is 11.0 Å². The van der Waals surface area contributed by atoms with Crippen molar-refractivity contribution in [2.75, 3.05) is 0 Å². The maximum Gasteiger partial charge on any atom is 0.254 e. The summed E-state index contributed by atoms with van der Waals surface area (Å²) in [4.78, 5) is 24.4. The molecule has 2 aromatic rings. The fourth-order valence-corrected chi connectivity index (χ4v) is 3.68. The Morgan fingerprint density at radius 3 is 2.22 bits per heavy atom. The summed E-state index contributed by atoms with van der Waals surface area (Å²) in [6.45, 7) is 3.93. The number of hydrogen-bond acceptors (Lipinski definition) is 3. The topological polar surface area (TPSA) is 46.1 Å². The van der Waals surface area contributed by atoms with Crippen LogP contribution in [0.1, 0.15) is 60.3 Å². The number of nitrogens with zero attached hydrogens (tertiary/aromatic N) is 3. The van der Waals surface area contributed by atoms with Gasteiger partial charge in [0.05, 0.1) is 22.4 Å². The molecular formula is C19H23N3O. The molecular weight excluding hydrogens is 286 g/mol. The number of benzene rings is 1. The lowest BCUT2D eigenvalue weighted by Gasteiger charge is -2.29. The summed E-state index contributed by atoms with van der Waals surface area (Å²) in [6, 6.07) is 6.67. The van der Waals surface area contributed by atoms with Gasteiger partial charge in [-0.3, -0.25) is 4.79 Å². The number of carbonyl (C=O) groups is 1. The van der Waals surface area contributed by atoms with Gasteiger partial charge in [-0.05, 0) is 57.7 Å². The predicted octanol–water partition coefficient (Wildman–Crippen LogP) is 3.79. The van der Waals surface area contributed by atoms with E-state index >= 15 is 0 Å². The number of amides is 1. The van der Waals surface area contributed by atoms with Crippen LogP contribution >= 0.6 is 0 Å². The summed E-state index contributed by atoms with van der Waals surface area (Å²) in [7, 11) is 0. The summed E-state index contributed by atoms with van der Waals surface area (Å²) in [6.07, 6.45) is 7.15. The highest BCUT2D eigenvalue weighted by Crippen LogP contribution is 2.35. The summed E-state index contributed by atoms with van der Waals surface area (Å²) < 4.78 is 0. The Morgan fingerprint density at radius 2 is 1.57 bits per heavy atom. The van der Waals surface area contributed by atoms with Crippen LogP contribution in [0.2, 0.25) is 0 Å². The van der Waals surface area contributed by atoms with E-state index in [1.54, 1.807) is 0 Å².